The summed E-state index contributed by atoms with van der Waals surface area (Å²) in [5, 5.41) is 14.7. The summed E-state index contributed by atoms with van der Waals surface area (Å²) in [6.45, 7) is 8.70. The van der Waals surface area contributed by atoms with Gasteiger partial charge in [-0.3, -0.25) is 4.79 Å². The molecule has 0 aromatic heterocycles. The molecule has 0 bridgehead atoms. The smallest absolute Gasteiger partial charge is 0.247 e. The van der Waals surface area contributed by atoms with Crippen LogP contribution in [0.15, 0.2) is 12.2 Å². The average molecular weight is 231 g/mol. The lowest BCUT2D eigenvalue weighted by Gasteiger charge is -1.77. The quantitative estimate of drug-likeness (QED) is 0.530. The zero-order valence-electron chi connectivity index (χ0n) is 8.30. The van der Waals surface area contributed by atoms with Gasteiger partial charge in [0.2, 0.25) is 5.24 Å². The highest BCUT2D eigenvalue weighted by atomic mass is 35.5. The first-order valence-corrected chi connectivity index (χ1v) is 3.92. The van der Waals surface area contributed by atoms with Crippen LogP contribution in [0.5, 0.6) is 0 Å². The lowest BCUT2D eigenvalue weighted by molar-refractivity contribution is -0.108. The highest BCUT2D eigenvalue weighted by molar-refractivity contribution is 7.59. The van der Waals surface area contributed by atoms with Gasteiger partial charge in [0.25, 0.3) is 0 Å². The van der Waals surface area contributed by atoms with Crippen molar-refractivity contribution in [2.24, 2.45) is 0 Å². The molecule has 0 amide bonds. The normalized spacial score (nSPS) is 6.31. The number of carbonyl (C=O) groups is 1. The molecule has 5 heteroatoms. The Balaban J connectivity index is -0.0000000501. The molecule has 0 atom stereocenters. The van der Waals surface area contributed by atoms with Crippen LogP contribution in [0.25, 0.3) is 0 Å². The van der Waals surface area contributed by atoms with Crippen LogP contribution in [0.2, 0.25) is 0 Å². The Morgan fingerprint density at radius 3 is 1.38 bits per heavy atom. The van der Waals surface area contributed by atoms with Gasteiger partial charge in [0.15, 0.2) is 0 Å². The fourth-order valence-corrected chi connectivity index (χ4v) is 0. The molecule has 0 aliphatic carbocycles. The number of carbonyl (C=O) groups excluding carboxylic acids is 1. The summed E-state index contributed by atoms with van der Waals surface area (Å²) in [4.78, 5) is 9.81. The number of halogens is 1. The third-order valence-corrected chi connectivity index (χ3v) is 0.658. The zero-order valence-corrected chi connectivity index (χ0v) is 10.1. The van der Waals surface area contributed by atoms with Crippen molar-refractivity contribution >= 4 is 30.3 Å². The number of aliphatic hydroxyl groups is 2. The number of hydrogen-bond acceptors (Lipinski definition) is 3. The van der Waals surface area contributed by atoms with E-state index in [1.165, 1.54) is 0 Å². The van der Waals surface area contributed by atoms with Crippen LogP contribution >= 0.6 is 25.1 Å². The van der Waals surface area contributed by atoms with Crippen molar-refractivity contribution in [2.45, 2.75) is 20.8 Å². The molecule has 0 heterocycles. The third kappa shape index (κ3) is 75.5. The third-order valence-electron chi connectivity index (χ3n) is 0.336. The number of rotatable bonds is 1. The molecule has 0 aromatic carbocycles. The molecule has 82 valence electrons. The summed E-state index contributed by atoms with van der Waals surface area (Å²) in [5.74, 6) is 0. The van der Waals surface area contributed by atoms with E-state index in [9.17, 15) is 4.79 Å². The highest BCUT2D eigenvalue weighted by Gasteiger charge is 1.89. The Hall–Kier alpha value is -0.0300. The van der Waals surface area contributed by atoms with Crippen LogP contribution in [0.3, 0.4) is 0 Å². The first-order chi connectivity index (χ1) is 5.47. The van der Waals surface area contributed by atoms with E-state index < -0.39 is 5.24 Å². The maximum absolute atomic E-state index is 9.81. The molecule has 0 fully saturated rings. The Labute approximate surface area is 91.9 Å². The van der Waals surface area contributed by atoms with E-state index in [1.54, 1.807) is 20.8 Å². The lowest BCUT2D eigenvalue weighted by Crippen LogP contribution is -1.81. The molecule has 0 rings (SSSR count). The molecule has 13 heavy (non-hydrogen) atoms. The van der Waals surface area contributed by atoms with E-state index in [-0.39, 0.29) is 26.7 Å². The van der Waals surface area contributed by atoms with E-state index in [2.05, 4.69) is 6.58 Å². The second-order valence-electron chi connectivity index (χ2n) is 1.69. The van der Waals surface area contributed by atoms with Crippen molar-refractivity contribution in [2.75, 3.05) is 13.2 Å². The molecular formula is C8H19ClO3S. The van der Waals surface area contributed by atoms with Crippen molar-refractivity contribution in [1.82, 2.24) is 0 Å². The molecule has 0 aliphatic heterocycles. The van der Waals surface area contributed by atoms with Crippen LogP contribution < -0.4 is 0 Å². The summed E-state index contributed by atoms with van der Waals surface area (Å²) in [7, 11) is 0. The van der Waals surface area contributed by atoms with Crippen LogP contribution in [-0.4, -0.2) is 28.7 Å². The molecule has 2 N–H and O–H groups in total. The predicted octanol–water partition coefficient (Wildman–Crippen LogP) is 1.44. The zero-order chi connectivity index (χ0) is 10.6. The van der Waals surface area contributed by atoms with E-state index in [0.717, 1.165) is 0 Å². The first-order valence-electron chi connectivity index (χ1n) is 3.54. The maximum atomic E-state index is 9.81. The van der Waals surface area contributed by atoms with Gasteiger partial charge >= 0.3 is 0 Å². The molecule has 0 unspecified atom stereocenters. The van der Waals surface area contributed by atoms with Crippen molar-refractivity contribution in [3.63, 3.8) is 0 Å². The number of hydrogen-bond donors (Lipinski definition) is 2. The van der Waals surface area contributed by atoms with Crippen molar-refractivity contribution in [3.8, 4) is 0 Å². The van der Waals surface area contributed by atoms with Crippen LogP contribution in [0.4, 0.5) is 0 Å². The maximum Gasteiger partial charge on any atom is 0.247 e. The van der Waals surface area contributed by atoms with E-state index >= 15 is 0 Å². The largest absolute Gasteiger partial charge is 0.397 e. The summed E-state index contributed by atoms with van der Waals surface area (Å²) in [5.41, 5.74) is 0.386. The predicted molar refractivity (Wildman–Crippen MR) is 61.6 cm³/mol. The second kappa shape index (κ2) is 22.7. The fourth-order valence-electron chi connectivity index (χ4n) is 0. The Morgan fingerprint density at radius 2 is 1.38 bits per heavy atom. The van der Waals surface area contributed by atoms with Gasteiger partial charge in [-0.1, -0.05) is 6.58 Å². The van der Waals surface area contributed by atoms with E-state index in [0.29, 0.717) is 5.57 Å². The monoisotopic (exact) mass is 230 g/mol. The van der Waals surface area contributed by atoms with Crippen molar-refractivity contribution < 1.29 is 15.0 Å². The van der Waals surface area contributed by atoms with Crippen LogP contribution in [0, 0.1) is 0 Å². The molecule has 0 saturated heterocycles. The molecule has 0 aliphatic rings. The first kappa shape index (κ1) is 23.1. The topological polar surface area (TPSA) is 57.5 Å². The van der Waals surface area contributed by atoms with Crippen LogP contribution in [-0.2, 0) is 4.79 Å². The molecular weight excluding hydrogens is 212 g/mol. The summed E-state index contributed by atoms with van der Waals surface area (Å²) >= 11 is 4.87. The number of allylic oxidation sites excluding steroid dienone is 1. The van der Waals surface area contributed by atoms with Gasteiger partial charge in [-0.2, -0.15) is 13.5 Å². The number of aliphatic hydroxyl groups excluding tert-OH is 2. The molecule has 0 saturated carbocycles. The van der Waals surface area contributed by atoms with Gasteiger partial charge < -0.3 is 10.2 Å². The molecule has 0 spiro atoms. The Kier molecular flexibility index (Phi) is 40.3. The van der Waals surface area contributed by atoms with E-state index in [1.807, 2.05) is 0 Å². The Bertz CT molecular complexity index is 104. The van der Waals surface area contributed by atoms with Gasteiger partial charge in [0, 0.05) is 18.8 Å². The summed E-state index contributed by atoms with van der Waals surface area (Å²) < 4.78 is 0. The van der Waals surface area contributed by atoms with Gasteiger partial charge in [-0.05, 0) is 32.4 Å². The minimum absolute atomic E-state index is 0. The molecule has 3 nitrogen and oxygen atoms in total. The van der Waals surface area contributed by atoms with Crippen molar-refractivity contribution in [1.29, 1.82) is 0 Å². The van der Waals surface area contributed by atoms with Gasteiger partial charge in [0.05, 0.1) is 0 Å². The standard InChI is InChI=1S/C4H5ClO.2C2H6O.H2S/c1-3(2)4(5)6;2*1-2-3;/h1H2,2H3;2*3H,2H2,1H3;1H2. The lowest BCUT2D eigenvalue weighted by atomic mass is 10.4. The minimum Gasteiger partial charge on any atom is -0.397 e. The molecule has 0 radical (unpaired) electrons. The SMILES string of the molecule is C=C(C)C(=O)Cl.CCO.CCO.S. The minimum atomic E-state index is -0.463. The fraction of sp³-hybridized carbons (Fsp3) is 0.625. The van der Waals surface area contributed by atoms with E-state index in [4.69, 9.17) is 21.8 Å². The van der Waals surface area contributed by atoms with Crippen molar-refractivity contribution in [3.05, 3.63) is 12.2 Å². The highest BCUT2D eigenvalue weighted by Crippen LogP contribution is 1.91. The summed E-state index contributed by atoms with van der Waals surface area (Å²) in [6, 6.07) is 0. The van der Waals surface area contributed by atoms with Crippen LogP contribution in [0.1, 0.15) is 20.8 Å². The van der Waals surface area contributed by atoms with Gasteiger partial charge in [-0.25, -0.2) is 0 Å². The molecule has 0 aromatic rings. The Morgan fingerprint density at radius 1 is 1.31 bits per heavy atom. The van der Waals surface area contributed by atoms with Gasteiger partial charge in [-0.15, -0.1) is 0 Å². The summed E-state index contributed by atoms with van der Waals surface area (Å²) in [6.07, 6.45) is 0. The second-order valence-corrected chi connectivity index (χ2v) is 2.03. The van der Waals surface area contributed by atoms with Gasteiger partial charge in [0.1, 0.15) is 0 Å². The average Bonchev–Trinajstić information content (AvgIpc) is 1.90.